The second-order valence-corrected chi connectivity index (χ2v) is 7.13. The lowest BCUT2D eigenvalue weighted by molar-refractivity contribution is 0.146. The summed E-state index contributed by atoms with van der Waals surface area (Å²) in [6.07, 6.45) is 11.7. The zero-order chi connectivity index (χ0) is 18.9. The van der Waals surface area contributed by atoms with Crippen LogP contribution in [0.1, 0.15) is 43.0 Å². The van der Waals surface area contributed by atoms with Crippen LogP contribution in [0.25, 0.3) is 0 Å². The maximum Gasteiger partial charge on any atom is 0.191 e. The number of rotatable bonds is 8. The summed E-state index contributed by atoms with van der Waals surface area (Å²) >= 11 is 0. The average molecular weight is 500 g/mol. The Morgan fingerprint density at radius 3 is 2.75 bits per heavy atom. The molecule has 3 rings (SSSR count). The molecule has 2 N–H and O–H groups in total. The molecule has 2 aromatic rings. The summed E-state index contributed by atoms with van der Waals surface area (Å²) in [4.78, 5) is 6.88. The number of guanidine groups is 1. The third-order valence-electron chi connectivity index (χ3n) is 5.08. The summed E-state index contributed by atoms with van der Waals surface area (Å²) in [7, 11) is 3.77. The molecule has 0 amide bonds. The van der Waals surface area contributed by atoms with Gasteiger partial charge in [-0.15, -0.1) is 24.0 Å². The van der Waals surface area contributed by atoms with Gasteiger partial charge in [-0.25, -0.2) is 0 Å². The standard InChI is InChI=1S/C20H32N6O.HI/c1-21-20(22-10-6-8-17-14-24-25(2)16-17)23-15-18(19-9-7-13-27-19)26-11-4-3-5-12-26;/h7,9,13-14,16,18H,3-6,8,10-12,15H2,1-2H3,(H2,21,22,23);1H. The van der Waals surface area contributed by atoms with E-state index < -0.39 is 0 Å². The Morgan fingerprint density at radius 2 is 2.11 bits per heavy atom. The summed E-state index contributed by atoms with van der Waals surface area (Å²) in [6, 6.07) is 4.29. The number of nitrogens with one attached hydrogen (secondary N) is 2. The van der Waals surface area contributed by atoms with E-state index in [1.54, 1.807) is 6.26 Å². The molecule has 28 heavy (non-hydrogen) atoms. The van der Waals surface area contributed by atoms with E-state index in [4.69, 9.17) is 4.42 Å². The molecule has 1 saturated heterocycles. The van der Waals surface area contributed by atoms with Crippen molar-refractivity contribution in [1.82, 2.24) is 25.3 Å². The van der Waals surface area contributed by atoms with Crippen molar-refractivity contribution in [3.05, 3.63) is 42.1 Å². The molecule has 1 unspecified atom stereocenters. The van der Waals surface area contributed by atoms with Gasteiger partial charge in [0.25, 0.3) is 0 Å². The van der Waals surface area contributed by atoms with E-state index in [0.29, 0.717) is 0 Å². The van der Waals surface area contributed by atoms with Crippen LogP contribution in [0.4, 0.5) is 0 Å². The van der Waals surface area contributed by atoms with Crippen LogP contribution in [0.3, 0.4) is 0 Å². The molecule has 8 heteroatoms. The molecule has 3 heterocycles. The molecule has 1 atom stereocenters. The number of hydrogen-bond donors (Lipinski definition) is 2. The second kappa shape index (κ2) is 12.1. The van der Waals surface area contributed by atoms with Crippen LogP contribution in [-0.2, 0) is 13.5 Å². The summed E-state index contributed by atoms with van der Waals surface area (Å²) in [5.74, 6) is 1.87. The smallest absolute Gasteiger partial charge is 0.191 e. The molecule has 7 nitrogen and oxygen atoms in total. The van der Waals surface area contributed by atoms with E-state index in [1.165, 1.54) is 24.8 Å². The Labute approximate surface area is 185 Å². The Morgan fingerprint density at radius 1 is 1.29 bits per heavy atom. The number of aryl methyl sites for hydroxylation is 2. The average Bonchev–Trinajstić information content (AvgIpc) is 3.36. The van der Waals surface area contributed by atoms with E-state index in [1.807, 2.05) is 31.0 Å². The van der Waals surface area contributed by atoms with E-state index in [-0.39, 0.29) is 30.0 Å². The van der Waals surface area contributed by atoms with E-state index in [9.17, 15) is 0 Å². The molecule has 2 aromatic heterocycles. The highest BCUT2D eigenvalue weighted by atomic mass is 127. The number of hydrogen-bond acceptors (Lipinski definition) is 4. The highest BCUT2D eigenvalue weighted by molar-refractivity contribution is 14.0. The van der Waals surface area contributed by atoms with Crippen LogP contribution >= 0.6 is 24.0 Å². The van der Waals surface area contributed by atoms with Crippen LogP contribution in [0.2, 0.25) is 0 Å². The Kier molecular flexibility index (Phi) is 9.83. The topological polar surface area (TPSA) is 70.6 Å². The van der Waals surface area contributed by atoms with Crippen LogP contribution in [0.15, 0.2) is 40.2 Å². The largest absolute Gasteiger partial charge is 0.468 e. The predicted octanol–water partition coefficient (Wildman–Crippen LogP) is 2.96. The fourth-order valence-corrected chi connectivity index (χ4v) is 3.63. The molecular weight excluding hydrogens is 467 g/mol. The highest BCUT2D eigenvalue weighted by Gasteiger charge is 2.24. The fourth-order valence-electron chi connectivity index (χ4n) is 3.63. The zero-order valence-corrected chi connectivity index (χ0v) is 19.3. The lowest BCUT2D eigenvalue weighted by Gasteiger charge is -2.33. The first-order valence-electron chi connectivity index (χ1n) is 9.96. The summed E-state index contributed by atoms with van der Waals surface area (Å²) in [5, 5.41) is 11.1. The molecule has 0 spiro atoms. The number of aromatic nitrogens is 2. The normalized spacial score (nSPS) is 16.4. The molecule has 1 aliphatic heterocycles. The highest BCUT2D eigenvalue weighted by Crippen LogP contribution is 2.24. The number of piperidine rings is 1. The van der Waals surface area contributed by atoms with Gasteiger partial charge in [-0.2, -0.15) is 5.10 Å². The summed E-state index contributed by atoms with van der Waals surface area (Å²) in [6.45, 7) is 3.92. The number of likely N-dealkylation sites (tertiary alicyclic amines) is 1. The van der Waals surface area contributed by atoms with Crippen LogP contribution in [-0.4, -0.2) is 53.9 Å². The van der Waals surface area contributed by atoms with Gasteiger partial charge < -0.3 is 15.1 Å². The first kappa shape index (κ1) is 22.7. The van der Waals surface area contributed by atoms with Crippen molar-refractivity contribution >= 4 is 29.9 Å². The molecule has 0 radical (unpaired) electrons. The van der Waals surface area contributed by atoms with Gasteiger partial charge in [0, 0.05) is 33.4 Å². The van der Waals surface area contributed by atoms with Gasteiger partial charge in [0.1, 0.15) is 5.76 Å². The molecule has 0 saturated carbocycles. The summed E-state index contributed by atoms with van der Waals surface area (Å²) < 4.78 is 7.56. The van der Waals surface area contributed by atoms with Gasteiger partial charge in [0.2, 0.25) is 0 Å². The van der Waals surface area contributed by atoms with Gasteiger partial charge in [0.05, 0.1) is 18.5 Å². The Hall–Kier alpha value is -1.55. The Balaban J connectivity index is 0.00000280. The molecule has 0 bridgehead atoms. The minimum absolute atomic E-state index is 0. The van der Waals surface area contributed by atoms with Gasteiger partial charge in [0.15, 0.2) is 5.96 Å². The fraction of sp³-hybridized carbons (Fsp3) is 0.600. The van der Waals surface area contributed by atoms with E-state index >= 15 is 0 Å². The van der Waals surface area contributed by atoms with Gasteiger partial charge in [-0.05, 0) is 56.5 Å². The van der Waals surface area contributed by atoms with Gasteiger partial charge in [-0.1, -0.05) is 6.42 Å². The third kappa shape index (κ3) is 6.80. The van der Waals surface area contributed by atoms with Crippen molar-refractivity contribution in [3.63, 3.8) is 0 Å². The third-order valence-corrected chi connectivity index (χ3v) is 5.08. The van der Waals surface area contributed by atoms with Crippen molar-refractivity contribution in [3.8, 4) is 0 Å². The summed E-state index contributed by atoms with van der Waals surface area (Å²) in [5.41, 5.74) is 1.27. The SMILES string of the molecule is CN=C(NCCCc1cnn(C)c1)NCC(c1ccco1)N1CCCCC1.I. The lowest BCUT2D eigenvalue weighted by atomic mass is 10.1. The van der Waals surface area contributed by atoms with Crippen LogP contribution in [0.5, 0.6) is 0 Å². The number of halogens is 1. The molecule has 1 fully saturated rings. The number of furan rings is 1. The van der Waals surface area contributed by atoms with Gasteiger partial charge in [-0.3, -0.25) is 14.6 Å². The second-order valence-electron chi connectivity index (χ2n) is 7.13. The molecule has 0 aliphatic carbocycles. The first-order valence-corrected chi connectivity index (χ1v) is 9.96. The van der Waals surface area contributed by atoms with Crippen molar-refractivity contribution in [2.24, 2.45) is 12.0 Å². The zero-order valence-electron chi connectivity index (χ0n) is 16.9. The molecule has 1 aliphatic rings. The monoisotopic (exact) mass is 500 g/mol. The number of aliphatic imine (C=N–C) groups is 1. The van der Waals surface area contributed by atoms with Crippen molar-refractivity contribution in [1.29, 1.82) is 0 Å². The minimum atomic E-state index is 0. The maximum absolute atomic E-state index is 5.71. The lowest BCUT2D eigenvalue weighted by Crippen LogP contribution is -2.44. The van der Waals surface area contributed by atoms with Crippen LogP contribution < -0.4 is 10.6 Å². The quantitative estimate of drug-likeness (QED) is 0.253. The van der Waals surface area contributed by atoms with Crippen molar-refractivity contribution < 1.29 is 4.42 Å². The first-order chi connectivity index (χ1) is 13.3. The molecule has 0 aromatic carbocycles. The minimum Gasteiger partial charge on any atom is -0.468 e. The van der Waals surface area contributed by atoms with Crippen molar-refractivity contribution in [2.45, 2.75) is 38.1 Å². The van der Waals surface area contributed by atoms with Crippen LogP contribution in [0, 0.1) is 0 Å². The van der Waals surface area contributed by atoms with E-state index in [2.05, 4.69) is 37.9 Å². The molecule has 156 valence electrons. The maximum atomic E-state index is 5.71. The molecular formula is C20H33IN6O. The van der Waals surface area contributed by atoms with Gasteiger partial charge >= 0.3 is 0 Å². The Bertz CT molecular complexity index is 693. The number of nitrogens with zero attached hydrogens (tertiary/aromatic N) is 4. The van der Waals surface area contributed by atoms with Crippen molar-refractivity contribution in [2.75, 3.05) is 33.2 Å². The van der Waals surface area contributed by atoms with E-state index in [0.717, 1.165) is 50.7 Å². The predicted molar refractivity (Wildman–Crippen MR) is 123 cm³/mol.